The summed E-state index contributed by atoms with van der Waals surface area (Å²) in [6.45, 7) is 1.46. The van der Waals surface area contributed by atoms with Gasteiger partial charge in [-0.1, -0.05) is 12.1 Å². The molecule has 1 atom stereocenters. The first-order valence-corrected chi connectivity index (χ1v) is 9.50. The minimum absolute atomic E-state index is 0.108. The number of aromatic nitrogens is 1. The van der Waals surface area contributed by atoms with E-state index in [4.69, 9.17) is 9.47 Å². The molecule has 0 aliphatic rings. The van der Waals surface area contributed by atoms with Gasteiger partial charge in [0, 0.05) is 11.3 Å². The molecule has 1 unspecified atom stereocenters. The van der Waals surface area contributed by atoms with Crippen molar-refractivity contribution >= 4 is 29.0 Å². The van der Waals surface area contributed by atoms with Crippen LogP contribution in [0.5, 0.6) is 11.5 Å². The van der Waals surface area contributed by atoms with E-state index in [0.717, 1.165) is 0 Å². The standard InChI is InChI=1S/C22H20N4O6/c1-14(32-19-8-5-13-23-20(19)26(29)30)21(27)24-16-11-9-15(10-12-16)22(28)25-17-6-3-4-7-18(17)31-2/h3-14H,1-2H3,(H,24,27)(H,25,28). The van der Waals surface area contributed by atoms with Crippen LogP contribution in [0.15, 0.2) is 66.9 Å². The van der Waals surface area contributed by atoms with E-state index in [9.17, 15) is 19.7 Å². The molecular formula is C22H20N4O6. The van der Waals surface area contributed by atoms with Gasteiger partial charge in [0.2, 0.25) is 5.75 Å². The second kappa shape index (κ2) is 10.0. The van der Waals surface area contributed by atoms with Crippen LogP contribution in [0.2, 0.25) is 0 Å². The number of carbonyl (C=O) groups is 2. The van der Waals surface area contributed by atoms with Crippen LogP contribution >= 0.6 is 0 Å². The predicted molar refractivity (Wildman–Crippen MR) is 117 cm³/mol. The lowest BCUT2D eigenvalue weighted by molar-refractivity contribution is -0.390. The molecule has 10 nitrogen and oxygen atoms in total. The largest absolute Gasteiger partial charge is 0.495 e. The number of methoxy groups -OCH3 is 1. The SMILES string of the molecule is COc1ccccc1NC(=O)c1ccc(NC(=O)C(C)Oc2cccnc2[N+](=O)[O-])cc1. The van der Waals surface area contributed by atoms with Crippen molar-refractivity contribution in [2.75, 3.05) is 17.7 Å². The van der Waals surface area contributed by atoms with Crippen LogP contribution in [0.25, 0.3) is 0 Å². The Labute approximate surface area is 183 Å². The molecule has 0 spiro atoms. The third-order valence-corrected chi connectivity index (χ3v) is 4.37. The molecule has 0 saturated heterocycles. The molecule has 0 aliphatic carbocycles. The van der Waals surface area contributed by atoms with Crippen molar-refractivity contribution in [3.63, 3.8) is 0 Å². The second-order valence-electron chi connectivity index (χ2n) is 6.56. The molecule has 2 aromatic carbocycles. The summed E-state index contributed by atoms with van der Waals surface area (Å²) in [5.74, 6) is -0.906. The zero-order valence-corrected chi connectivity index (χ0v) is 17.3. The third kappa shape index (κ3) is 5.36. The number of amides is 2. The second-order valence-corrected chi connectivity index (χ2v) is 6.56. The highest BCUT2D eigenvalue weighted by Gasteiger charge is 2.22. The summed E-state index contributed by atoms with van der Waals surface area (Å²) in [6.07, 6.45) is 0.243. The van der Waals surface area contributed by atoms with Crippen molar-refractivity contribution in [2.24, 2.45) is 0 Å². The van der Waals surface area contributed by atoms with Crippen LogP contribution in [-0.4, -0.2) is 34.9 Å². The van der Waals surface area contributed by atoms with Gasteiger partial charge in [-0.25, -0.2) is 0 Å². The molecule has 0 aliphatic heterocycles. The zero-order valence-electron chi connectivity index (χ0n) is 17.3. The van der Waals surface area contributed by atoms with Gasteiger partial charge in [-0.3, -0.25) is 9.59 Å². The lowest BCUT2D eigenvalue weighted by Crippen LogP contribution is -2.30. The van der Waals surface area contributed by atoms with Gasteiger partial charge >= 0.3 is 5.82 Å². The molecule has 0 bridgehead atoms. The highest BCUT2D eigenvalue weighted by atomic mass is 16.6. The molecule has 3 aromatic rings. The van der Waals surface area contributed by atoms with Gasteiger partial charge in [-0.05, 0) is 65.4 Å². The van der Waals surface area contributed by atoms with Gasteiger partial charge in [-0.15, -0.1) is 0 Å². The minimum Gasteiger partial charge on any atom is -0.495 e. The summed E-state index contributed by atoms with van der Waals surface area (Å²) in [5, 5.41) is 16.4. The van der Waals surface area contributed by atoms with Crippen molar-refractivity contribution in [3.8, 4) is 11.5 Å². The number of ether oxygens (including phenoxy) is 2. The van der Waals surface area contributed by atoms with Crippen molar-refractivity contribution < 1.29 is 24.0 Å². The van der Waals surface area contributed by atoms with E-state index in [1.54, 1.807) is 48.5 Å². The Morgan fingerprint density at radius 1 is 1.00 bits per heavy atom. The average Bonchev–Trinajstić information content (AvgIpc) is 2.80. The lowest BCUT2D eigenvalue weighted by Gasteiger charge is -2.14. The number of rotatable bonds is 8. The summed E-state index contributed by atoms with van der Waals surface area (Å²) >= 11 is 0. The summed E-state index contributed by atoms with van der Waals surface area (Å²) < 4.78 is 10.6. The van der Waals surface area contributed by atoms with Crippen LogP contribution in [0, 0.1) is 10.1 Å². The first-order valence-electron chi connectivity index (χ1n) is 9.50. The fourth-order valence-corrected chi connectivity index (χ4v) is 2.75. The number of carbonyl (C=O) groups excluding carboxylic acids is 2. The summed E-state index contributed by atoms with van der Waals surface area (Å²) in [7, 11) is 1.51. The molecule has 0 radical (unpaired) electrons. The van der Waals surface area contributed by atoms with E-state index in [-0.39, 0.29) is 11.7 Å². The fourth-order valence-electron chi connectivity index (χ4n) is 2.75. The number of nitrogens with zero attached hydrogens (tertiary/aromatic N) is 2. The number of nitro groups is 1. The Bertz CT molecular complexity index is 1130. The summed E-state index contributed by atoms with van der Waals surface area (Å²) in [4.78, 5) is 38.9. The Kier molecular flexibility index (Phi) is 6.96. The minimum atomic E-state index is -1.02. The number of benzene rings is 2. The van der Waals surface area contributed by atoms with E-state index in [2.05, 4.69) is 15.6 Å². The quantitative estimate of drug-likeness (QED) is 0.407. The van der Waals surface area contributed by atoms with Gasteiger partial charge in [0.25, 0.3) is 11.8 Å². The maximum absolute atomic E-state index is 12.5. The topological polar surface area (TPSA) is 133 Å². The molecule has 1 heterocycles. The van der Waals surface area contributed by atoms with E-state index >= 15 is 0 Å². The molecule has 0 saturated carbocycles. The number of nitrogens with one attached hydrogen (secondary N) is 2. The van der Waals surface area contributed by atoms with Gasteiger partial charge in [0.05, 0.1) is 12.8 Å². The Hall–Kier alpha value is -4.47. The molecule has 0 fully saturated rings. The van der Waals surface area contributed by atoms with Crippen LogP contribution in [0.1, 0.15) is 17.3 Å². The highest BCUT2D eigenvalue weighted by Crippen LogP contribution is 2.25. The molecule has 1 aromatic heterocycles. The lowest BCUT2D eigenvalue weighted by atomic mass is 10.2. The normalized spacial score (nSPS) is 11.2. The van der Waals surface area contributed by atoms with Gasteiger partial charge < -0.3 is 30.2 Å². The smallest absolute Gasteiger partial charge is 0.406 e. The first-order chi connectivity index (χ1) is 15.4. The number of pyridine rings is 1. The van der Waals surface area contributed by atoms with Gasteiger partial charge in [0.15, 0.2) is 6.10 Å². The number of para-hydroxylation sites is 2. The van der Waals surface area contributed by atoms with E-state index in [1.165, 1.54) is 32.4 Å². The molecule has 2 amide bonds. The Morgan fingerprint density at radius 2 is 1.69 bits per heavy atom. The van der Waals surface area contributed by atoms with E-state index in [1.807, 2.05) is 0 Å². The van der Waals surface area contributed by atoms with E-state index < -0.39 is 22.8 Å². The number of anilines is 2. The monoisotopic (exact) mass is 436 g/mol. The van der Waals surface area contributed by atoms with Crippen LogP contribution in [0.4, 0.5) is 17.2 Å². The van der Waals surface area contributed by atoms with Crippen molar-refractivity contribution in [1.82, 2.24) is 4.98 Å². The summed E-state index contributed by atoms with van der Waals surface area (Å²) in [5.41, 5.74) is 1.34. The van der Waals surface area contributed by atoms with Crippen molar-refractivity contribution in [1.29, 1.82) is 0 Å². The highest BCUT2D eigenvalue weighted by molar-refractivity contribution is 6.05. The maximum atomic E-state index is 12.5. The van der Waals surface area contributed by atoms with E-state index in [0.29, 0.717) is 22.7 Å². The van der Waals surface area contributed by atoms with Crippen molar-refractivity contribution in [2.45, 2.75) is 13.0 Å². The summed E-state index contributed by atoms with van der Waals surface area (Å²) in [6, 6.07) is 16.1. The molecule has 164 valence electrons. The maximum Gasteiger partial charge on any atom is 0.406 e. The molecule has 32 heavy (non-hydrogen) atoms. The average molecular weight is 436 g/mol. The molecular weight excluding hydrogens is 416 g/mol. The van der Waals surface area contributed by atoms with Crippen LogP contribution in [0.3, 0.4) is 0 Å². The van der Waals surface area contributed by atoms with Crippen LogP contribution < -0.4 is 20.1 Å². The number of hydrogen-bond donors (Lipinski definition) is 2. The third-order valence-electron chi connectivity index (χ3n) is 4.37. The van der Waals surface area contributed by atoms with Crippen molar-refractivity contribution in [3.05, 3.63) is 82.5 Å². The van der Waals surface area contributed by atoms with Gasteiger partial charge in [-0.2, -0.15) is 0 Å². The zero-order chi connectivity index (χ0) is 23.1. The van der Waals surface area contributed by atoms with Gasteiger partial charge in [0.1, 0.15) is 11.9 Å². The first kappa shape index (κ1) is 22.2. The molecule has 10 heteroatoms. The molecule has 3 rings (SSSR count). The van der Waals surface area contributed by atoms with Crippen LogP contribution in [-0.2, 0) is 4.79 Å². The Morgan fingerprint density at radius 3 is 2.38 bits per heavy atom. The Balaban J connectivity index is 1.62. The molecule has 2 N–H and O–H groups in total. The fraction of sp³-hybridized carbons (Fsp3) is 0.136. The number of hydrogen-bond acceptors (Lipinski definition) is 7. The predicted octanol–water partition coefficient (Wildman–Crippen LogP) is 3.66.